The molecule has 3 rings (SSSR count). The molecular weight excluding hydrogens is 260 g/mol. The van der Waals surface area contributed by atoms with Crippen LogP contribution in [0.5, 0.6) is 11.5 Å². The molecule has 0 saturated carbocycles. The Hall–Kier alpha value is -2.48. The molecule has 0 atom stereocenters. The van der Waals surface area contributed by atoms with Gasteiger partial charge in [0.2, 0.25) is 0 Å². The van der Waals surface area contributed by atoms with Crippen molar-refractivity contribution in [1.82, 2.24) is 0 Å². The van der Waals surface area contributed by atoms with Crippen molar-refractivity contribution in [1.29, 1.82) is 0 Å². The Morgan fingerprint density at radius 3 is 2.29 bits per heavy atom. The fraction of sp³-hybridized carbons (Fsp3) is 0.158. The maximum Gasteiger partial charge on any atom is 0.122 e. The number of fused-ring (bicyclic) bond motifs is 1. The van der Waals surface area contributed by atoms with Crippen LogP contribution in [-0.4, -0.2) is 14.2 Å². The van der Waals surface area contributed by atoms with E-state index in [0.29, 0.717) is 0 Å². The molecule has 0 heterocycles. The van der Waals surface area contributed by atoms with Crippen LogP contribution in [0.25, 0.3) is 21.9 Å². The maximum atomic E-state index is 5.41. The van der Waals surface area contributed by atoms with Gasteiger partial charge in [0.15, 0.2) is 0 Å². The summed E-state index contributed by atoms with van der Waals surface area (Å²) in [4.78, 5) is 0. The van der Waals surface area contributed by atoms with E-state index in [1.165, 1.54) is 21.9 Å². The van der Waals surface area contributed by atoms with E-state index in [9.17, 15) is 0 Å². The molecule has 0 amide bonds. The first-order chi connectivity index (χ1) is 10.2. The van der Waals surface area contributed by atoms with Crippen LogP contribution in [0.2, 0.25) is 0 Å². The fourth-order valence-corrected chi connectivity index (χ4v) is 2.67. The van der Waals surface area contributed by atoms with Gasteiger partial charge in [0.1, 0.15) is 11.5 Å². The normalized spacial score (nSPS) is 10.6. The highest BCUT2D eigenvalue weighted by Gasteiger charge is 2.07. The predicted molar refractivity (Wildman–Crippen MR) is 87.2 cm³/mol. The minimum absolute atomic E-state index is 0.882. The van der Waals surface area contributed by atoms with Gasteiger partial charge in [0.25, 0.3) is 0 Å². The number of ether oxygens (including phenoxy) is 2. The summed E-state index contributed by atoms with van der Waals surface area (Å²) in [6.07, 6.45) is 0. The van der Waals surface area contributed by atoms with Crippen LogP contribution in [0.15, 0.2) is 54.6 Å². The molecule has 2 heteroatoms. The van der Waals surface area contributed by atoms with E-state index in [0.717, 1.165) is 17.1 Å². The monoisotopic (exact) mass is 278 g/mol. The van der Waals surface area contributed by atoms with Gasteiger partial charge in [-0.15, -0.1) is 0 Å². The number of hydrogen-bond donors (Lipinski definition) is 0. The molecule has 0 N–H and O–H groups in total. The Balaban J connectivity index is 2.13. The maximum absolute atomic E-state index is 5.41. The number of hydrogen-bond acceptors (Lipinski definition) is 2. The lowest BCUT2D eigenvalue weighted by Gasteiger charge is -2.11. The molecule has 0 spiro atoms. The van der Waals surface area contributed by atoms with Crippen molar-refractivity contribution in [3.8, 4) is 22.6 Å². The second-order valence-electron chi connectivity index (χ2n) is 5.06. The minimum Gasteiger partial charge on any atom is -0.497 e. The standard InChI is InChI=1S/C19H18O2/c1-13-18(5-4-6-19(13)21-3)16-8-7-15-12-17(20-2)10-9-14(15)11-16/h4-12H,1-3H3. The average Bonchev–Trinajstić information content (AvgIpc) is 2.54. The molecular formula is C19H18O2. The van der Waals surface area contributed by atoms with Crippen LogP contribution in [0.4, 0.5) is 0 Å². The zero-order valence-corrected chi connectivity index (χ0v) is 12.5. The van der Waals surface area contributed by atoms with E-state index in [4.69, 9.17) is 9.47 Å². The largest absolute Gasteiger partial charge is 0.497 e. The molecule has 0 aliphatic carbocycles. The van der Waals surface area contributed by atoms with Crippen LogP contribution in [0, 0.1) is 6.92 Å². The van der Waals surface area contributed by atoms with Gasteiger partial charge in [-0.2, -0.15) is 0 Å². The number of rotatable bonds is 3. The lowest BCUT2D eigenvalue weighted by atomic mass is 9.97. The highest BCUT2D eigenvalue weighted by Crippen LogP contribution is 2.32. The van der Waals surface area contributed by atoms with E-state index in [-0.39, 0.29) is 0 Å². The van der Waals surface area contributed by atoms with Crippen LogP contribution >= 0.6 is 0 Å². The molecule has 0 aromatic heterocycles. The van der Waals surface area contributed by atoms with Crippen molar-refractivity contribution in [3.05, 3.63) is 60.2 Å². The SMILES string of the molecule is COc1ccc2cc(-c3cccc(OC)c3C)ccc2c1. The van der Waals surface area contributed by atoms with Crippen LogP contribution in [0.1, 0.15) is 5.56 Å². The summed E-state index contributed by atoms with van der Waals surface area (Å²) in [5.74, 6) is 1.80. The van der Waals surface area contributed by atoms with E-state index in [2.05, 4.69) is 43.3 Å². The van der Waals surface area contributed by atoms with Gasteiger partial charge in [-0.05, 0) is 58.7 Å². The van der Waals surface area contributed by atoms with Crippen molar-refractivity contribution in [2.75, 3.05) is 14.2 Å². The molecule has 106 valence electrons. The van der Waals surface area contributed by atoms with E-state index >= 15 is 0 Å². The molecule has 3 aromatic carbocycles. The van der Waals surface area contributed by atoms with Gasteiger partial charge >= 0.3 is 0 Å². The molecule has 3 aromatic rings. The summed E-state index contributed by atoms with van der Waals surface area (Å²) in [5, 5.41) is 2.38. The first-order valence-electron chi connectivity index (χ1n) is 6.94. The van der Waals surface area contributed by atoms with Crippen molar-refractivity contribution in [3.63, 3.8) is 0 Å². The third kappa shape index (κ3) is 2.45. The lowest BCUT2D eigenvalue weighted by molar-refractivity contribution is 0.412. The number of benzene rings is 3. The van der Waals surface area contributed by atoms with E-state index < -0.39 is 0 Å². The smallest absolute Gasteiger partial charge is 0.122 e. The summed E-state index contributed by atoms with van der Waals surface area (Å²) >= 11 is 0. The minimum atomic E-state index is 0.882. The molecule has 0 fully saturated rings. The van der Waals surface area contributed by atoms with E-state index in [1.807, 2.05) is 18.2 Å². The Labute approximate surface area is 124 Å². The Morgan fingerprint density at radius 2 is 1.52 bits per heavy atom. The third-order valence-corrected chi connectivity index (χ3v) is 3.86. The van der Waals surface area contributed by atoms with Crippen molar-refractivity contribution in [2.24, 2.45) is 0 Å². The molecule has 0 unspecified atom stereocenters. The molecule has 0 aliphatic heterocycles. The first kappa shape index (κ1) is 13.5. The molecule has 0 saturated heterocycles. The highest BCUT2D eigenvalue weighted by molar-refractivity contribution is 5.89. The first-order valence-corrected chi connectivity index (χ1v) is 6.94. The molecule has 0 radical (unpaired) electrons. The molecule has 2 nitrogen and oxygen atoms in total. The Morgan fingerprint density at radius 1 is 0.762 bits per heavy atom. The summed E-state index contributed by atoms with van der Waals surface area (Å²) < 4.78 is 10.7. The van der Waals surface area contributed by atoms with Gasteiger partial charge in [0, 0.05) is 0 Å². The summed E-state index contributed by atoms with van der Waals surface area (Å²) in [6, 6.07) is 18.8. The second-order valence-corrected chi connectivity index (χ2v) is 5.06. The molecule has 0 bridgehead atoms. The summed E-state index contributed by atoms with van der Waals surface area (Å²) in [5.41, 5.74) is 3.56. The van der Waals surface area contributed by atoms with Gasteiger partial charge in [-0.3, -0.25) is 0 Å². The van der Waals surface area contributed by atoms with Crippen molar-refractivity contribution < 1.29 is 9.47 Å². The molecule has 21 heavy (non-hydrogen) atoms. The van der Waals surface area contributed by atoms with Crippen molar-refractivity contribution in [2.45, 2.75) is 6.92 Å². The van der Waals surface area contributed by atoms with Crippen LogP contribution in [0.3, 0.4) is 0 Å². The second kappa shape index (κ2) is 5.49. The topological polar surface area (TPSA) is 18.5 Å². The average molecular weight is 278 g/mol. The van der Waals surface area contributed by atoms with Gasteiger partial charge in [0.05, 0.1) is 14.2 Å². The third-order valence-electron chi connectivity index (χ3n) is 3.86. The predicted octanol–water partition coefficient (Wildman–Crippen LogP) is 4.83. The lowest BCUT2D eigenvalue weighted by Crippen LogP contribution is -1.90. The summed E-state index contributed by atoms with van der Waals surface area (Å²) in [6.45, 7) is 2.09. The van der Waals surface area contributed by atoms with E-state index in [1.54, 1.807) is 14.2 Å². The molecule has 0 aliphatic rings. The number of methoxy groups -OCH3 is 2. The van der Waals surface area contributed by atoms with Crippen LogP contribution < -0.4 is 9.47 Å². The van der Waals surface area contributed by atoms with Gasteiger partial charge < -0.3 is 9.47 Å². The Bertz CT molecular complexity index is 791. The van der Waals surface area contributed by atoms with Gasteiger partial charge in [-0.25, -0.2) is 0 Å². The Kier molecular flexibility index (Phi) is 3.53. The zero-order valence-electron chi connectivity index (χ0n) is 12.5. The highest BCUT2D eigenvalue weighted by atomic mass is 16.5. The zero-order chi connectivity index (χ0) is 14.8. The van der Waals surface area contributed by atoms with Crippen molar-refractivity contribution >= 4 is 10.8 Å². The fourth-order valence-electron chi connectivity index (χ4n) is 2.67. The van der Waals surface area contributed by atoms with Crippen LogP contribution in [-0.2, 0) is 0 Å². The quantitative estimate of drug-likeness (QED) is 0.683. The van der Waals surface area contributed by atoms with Gasteiger partial charge in [-0.1, -0.05) is 30.3 Å². The summed E-state index contributed by atoms with van der Waals surface area (Å²) in [7, 11) is 3.40.